The number of nitrogens with one attached hydrogen (secondary N) is 1. The molecule has 1 aliphatic carbocycles. The number of hydrogen-bond donors (Lipinski definition) is 2. The third-order valence-corrected chi connectivity index (χ3v) is 3.39. The third-order valence-electron chi connectivity index (χ3n) is 3.39. The van der Waals surface area contributed by atoms with Crippen LogP contribution < -0.4 is 15.8 Å². The van der Waals surface area contributed by atoms with Crippen molar-refractivity contribution in [3.8, 4) is 5.75 Å². The second-order valence-electron chi connectivity index (χ2n) is 4.76. The molecule has 0 spiro atoms. The van der Waals surface area contributed by atoms with Crippen molar-refractivity contribution in [2.75, 3.05) is 13.2 Å². The molecule has 0 aliphatic heterocycles. The SMILES string of the molecule is NC1CCCC1CNC(=O)COc1ccccc1. The van der Waals surface area contributed by atoms with Crippen molar-refractivity contribution in [1.29, 1.82) is 0 Å². The van der Waals surface area contributed by atoms with Crippen LogP contribution in [0.3, 0.4) is 0 Å². The molecule has 3 N–H and O–H groups in total. The number of rotatable bonds is 5. The molecule has 1 saturated carbocycles. The van der Waals surface area contributed by atoms with Crippen LogP contribution in [0.15, 0.2) is 30.3 Å². The summed E-state index contributed by atoms with van der Waals surface area (Å²) in [5, 5.41) is 2.88. The summed E-state index contributed by atoms with van der Waals surface area (Å²) in [7, 11) is 0. The maximum atomic E-state index is 11.6. The summed E-state index contributed by atoms with van der Waals surface area (Å²) in [6, 6.07) is 9.57. The van der Waals surface area contributed by atoms with Crippen LogP contribution in [-0.4, -0.2) is 25.1 Å². The topological polar surface area (TPSA) is 64.3 Å². The molecule has 1 fully saturated rings. The molecule has 98 valence electrons. The van der Waals surface area contributed by atoms with E-state index in [0.29, 0.717) is 18.2 Å². The first-order chi connectivity index (χ1) is 8.75. The third kappa shape index (κ3) is 3.74. The Bertz CT molecular complexity index is 381. The lowest BCUT2D eigenvalue weighted by Gasteiger charge is -2.15. The van der Waals surface area contributed by atoms with E-state index in [1.54, 1.807) is 0 Å². The molecule has 2 atom stereocenters. The second-order valence-corrected chi connectivity index (χ2v) is 4.76. The zero-order chi connectivity index (χ0) is 12.8. The highest BCUT2D eigenvalue weighted by Gasteiger charge is 2.23. The summed E-state index contributed by atoms with van der Waals surface area (Å²) in [4.78, 5) is 11.6. The minimum Gasteiger partial charge on any atom is -0.484 e. The van der Waals surface area contributed by atoms with Crippen molar-refractivity contribution in [2.45, 2.75) is 25.3 Å². The van der Waals surface area contributed by atoms with Crippen LogP contribution in [0.5, 0.6) is 5.75 Å². The Kier molecular flexibility index (Phi) is 4.59. The Morgan fingerprint density at radius 1 is 1.33 bits per heavy atom. The molecule has 0 heterocycles. The van der Waals surface area contributed by atoms with Crippen molar-refractivity contribution in [2.24, 2.45) is 11.7 Å². The Balaban J connectivity index is 1.66. The van der Waals surface area contributed by atoms with Gasteiger partial charge in [-0.3, -0.25) is 4.79 Å². The molecule has 0 bridgehead atoms. The van der Waals surface area contributed by atoms with Crippen LogP contribution in [0, 0.1) is 5.92 Å². The van der Waals surface area contributed by atoms with Gasteiger partial charge in [0.15, 0.2) is 6.61 Å². The van der Waals surface area contributed by atoms with Gasteiger partial charge in [-0.05, 0) is 30.9 Å². The van der Waals surface area contributed by atoms with Gasteiger partial charge < -0.3 is 15.8 Å². The molecular formula is C14H20N2O2. The van der Waals surface area contributed by atoms with E-state index in [9.17, 15) is 4.79 Å². The second kappa shape index (κ2) is 6.40. The van der Waals surface area contributed by atoms with E-state index in [1.165, 1.54) is 6.42 Å². The van der Waals surface area contributed by atoms with Crippen molar-refractivity contribution >= 4 is 5.91 Å². The van der Waals surface area contributed by atoms with Gasteiger partial charge in [-0.1, -0.05) is 24.6 Å². The highest BCUT2D eigenvalue weighted by atomic mass is 16.5. The molecule has 2 unspecified atom stereocenters. The quantitative estimate of drug-likeness (QED) is 0.825. The number of carbonyl (C=O) groups excluding carboxylic acids is 1. The number of carbonyl (C=O) groups is 1. The molecule has 0 saturated heterocycles. The molecule has 18 heavy (non-hydrogen) atoms. The molecule has 2 rings (SSSR count). The predicted octanol–water partition coefficient (Wildman–Crippen LogP) is 1.31. The van der Waals surface area contributed by atoms with Crippen LogP contribution in [0.2, 0.25) is 0 Å². The van der Waals surface area contributed by atoms with Crippen molar-refractivity contribution in [3.63, 3.8) is 0 Å². The fourth-order valence-corrected chi connectivity index (χ4v) is 2.28. The molecule has 1 amide bonds. The predicted molar refractivity (Wildman–Crippen MR) is 70.3 cm³/mol. The average molecular weight is 248 g/mol. The Hall–Kier alpha value is -1.55. The zero-order valence-electron chi connectivity index (χ0n) is 10.5. The first-order valence-corrected chi connectivity index (χ1v) is 6.46. The van der Waals surface area contributed by atoms with Gasteiger partial charge in [-0.15, -0.1) is 0 Å². The van der Waals surface area contributed by atoms with E-state index in [4.69, 9.17) is 10.5 Å². The van der Waals surface area contributed by atoms with Crippen molar-refractivity contribution in [1.82, 2.24) is 5.32 Å². The van der Waals surface area contributed by atoms with Gasteiger partial charge in [0.05, 0.1) is 0 Å². The highest BCUT2D eigenvalue weighted by Crippen LogP contribution is 2.22. The summed E-state index contributed by atoms with van der Waals surface area (Å²) in [5.41, 5.74) is 5.95. The number of nitrogens with two attached hydrogens (primary N) is 1. The first kappa shape index (κ1) is 12.9. The van der Waals surface area contributed by atoms with Gasteiger partial charge in [-0.2, -0.15) is 0 Å². The largest absolute Gasteiger partial charge is 0.484 e. The maximum absolute atomic E-state index is 11.6. The summed E-state index contributed by atoms with van der Waals surface area (Å²) >= 11 is 0. The monoisotopic (exact) mass is 248 g/mol. The van der Waals surface area contributed by atoms with E-state index >= 15 is 0 Å². The summed E-state index contributed by atoms with van der Waals surface area (Å²) in [6.07, 6.45) is 3.35. The van der Waals surface area contributed by atoms with E-state index in [-0.39, 0.29) is 18.6 Å². The number of ether oxygens (including phenoxy) is 1. The van der Waals surface area contributed by atoms with Gasteiger partial charge in [0.1, 0.15) is 5.75 Å². The number of para-hydroxylation sites is 1. The minimum absolute atomic E-state index is 0.0615. The molecular weight excluding hydrogens is 228 g/mol. The molecule has 4 nitrogen and oxygen atoms in total. The maximum Gasteiger partial charge on any atom is 0.257 e. The van der Waals surface area contributed by atoms with E-state index < -0.39 is 0 Å². The summed E-state index contributed by atoms with van der Waals surface area (Å²) in [6.45, 7) is 0.726. The number of hydrogen-bond acceptors (Lipinski definition) is 3. The van der Waals surface area contributed by atoms with Crippen molar-refractivity contribution < 1.29 is 9.53 Å². The van der Waals surface area contributed by atoms with Crippen LogP contribution in [0.4, 0.5) is 0 Å². The Labute approximate surface area is 108 Å². The highest BCUT2D eigenvalue weighted by molar-refractivity contribution is 5.77. The number of benzene rings is 1. The molecule has 4 heteroatoms. The Morgan fingerprint density at radius 3 is 2.78 bits per heavy atom. The van der Waals surface area contributed by atoms with Gasteiger partial charge in [-0.25, -0.2) is 0 Å². The van der Waals surface area contributed by atoms with Crippen LogP contribution in [-0.2, 0) is 4.79 Å². The van der Waals surface area contributed by atoms with E-state index in [0.717, 1.165) is 12.8 Å². The fraction of sp³-hybridized carbons (Fsp3) is 0.500. The molecule has 1 aromatic carbocycles. The van der Waals surface area contributed by atoms with Gasteiger partial charge in [0.25, 0.3) is 5.91 Å². The van der Waals surface area contributed by atoms with E-state index in [1.807, 2.05) is 30.3 Å². The summed E-state index contributed by atoms with van der Waals surface area (Å²) in [5.74, 6) is 1.05. The lowest BCUT2D eigenvalue weighted by atomic mass is 10.1. The molecule has 0 aromatic heterocycles. The Morgan fingerprint density at radius 2 is 2.11 bits per heavy atom. The molecule has 1 aromatic rings. The minimum atomic E-state index is -0.0852. The van der Waals surface area contributed by atoms with Gasteiger partial charge in [0, 0.05) is 12.6 Å². The van der Waals surface area contributed by atoms with E-state index in [2.05, 4.69) is 5.32 Å². The lowest BCUT2D eigenvalue weighted by Crippen LogP contribution is -2.37. The molecule has 1 aliphatic rings. The smallest absolute Gasteiger partial charge is 0.257 e. The molecule has 0 radical (unpaired) electrons. The fourth-order valence-electron chi connectivity index (χ4n) is 2.28. The van der Waals surface area contributed by atoms with Gasteiger partial charge >= 0.3 is 0 Å². The van der Waals surface area contributed by atoms with Crippen LogP contribution >= 0.6 is 0 Å². The standard InChI is InChI=1S/C14H20N2O2/c15-13-8-4-5-11(13)9-16-14(17)10-18-12-6-2-1-3-7-12/h1-3,6-7,11,13H,4-5,8-10,15H2,(H,16,17). The first-order valence-electron chi connectivity index (χ1n) is 6.46. The average Bonchev–Trinajstić information content (AvgIpc) is 2.81. The summed E-state index contributed by atoms with van der Waals surface area (Å²) < 4.78 is 5.37. The van der Waals surface area contributed by atoms with Crippen LogP contribution in [0.1, 0.15) is 19.3 Å². The lowest BCUT2D eigenvalue weighted by molar-refractivity contribution is -0.123. The normalized spacial score (nSPS) is 22.7. The van der Waals surface area contributed by atoms with Crippen molar-refractivity contribution in [3.05, 3.63) is 30.3 Å². The number of amides is 1. The zero-order valence-corrected chi connectivity index (χ0v) is 10.5. The van der Waals surface area contributed by atoms with Gasteiger partial charge in [0.2, 0.25) is 0 Å². The van der Waals surface area contributed by atoms with Crippen LogP contribution in [0.25, 0.3) is 0 Å².